The van der Waals surface area contributed by atoms with Gasteiger partial charge < -0.3 is 16.3 Å². The number of hydrogen-bond donors (Lipinski definition) is 4. The van der Waals surface area contributed by atoms with Crippen molar-refractivity contribution in [1.82, 2.24) is 20.5 Å². The fourth-order valence-electron chi connectivity index (χ4n) is 1.75. The van der Waals surface area contributed by atoms with E-state index in [9.17, 15) is 4.79 Å². The molecule has 2 rings (SSSR count). The van der Waals surface area contributed by atoms with Gasteiger partial charge >= 0.3 is 0 Å². The molecule has 0 fully saturated rings. The maximum Gasteiger partial charge on any atom is 0.235 e. The Kier molecular flexibility index (Phi) is 4.28. The smallest absolute Gasteiger partial charge is 0.235 e. The van der Waals surface area contributed by atoms with E-state index in [-0.39, 0.29) is 18.3 Å². The normalized spacial score (nSPS) is 12.9. The van der Waals surface area contributed by atoms with Crippen LogP contribution in [0.4, 0.5) is 0 Å². The van der Waals surface area contributed by atoms with Crippen LogP contribution in [0.15, 0.2) is 41.8 Å². The Bertz CT molecular complexity index is 581. The minimum atomic E-state index is -0.857. The van der Waals surface area contributed by atoms with E-state index in [1.807, 2.05) is 6.07 Å². The van der Waals surface area contributed by atoms with Gasteiger partial charge in [-0.3, -0.25) is 9.89 Å². The van der Waals surface area contributed by atoms with Crippen LogP contribution in [0.2, 0.25) is 0 Å². The molecule has 8 nitrogen and oxygen atoms in total. The third-order valence-corrected chi connectivity index (χ3v) is 2.70. The lowest BCUT2D eigenvalue weighted by Gasteiger charge is -2.15. The van der Waals surface area contributed by atoms with Gasteiger partial charge in [0.15, 0.2) is 5.84 Å². The minimum Gasteiger partial charge on any atom is -0.409 e. The highest BCUT2D eigenvalue weighted by Crippen LogP contribution is 2.16. The molecule has 0 spiro atoms. The van der Waals surface area contributed by atoms with Crippen LogP contribution in [-0.2, 0) is 11.3 Å². The van der Waals surface area contributed by atoms with Crippen LogP contribution < -0.4 is 11.1 Å². The molecule has 1 amide bonds. The molecule has 1 aromatic carbocycles. The van der Waals surface area contributed by atoms with Gasteiger partial charge in [0.25, 0.3) is 0 Å². The molecule has 104 valence electrons. The summed E-state index contributed by atoms with van der Waals surface area (Å²) in [5, 5.41) is 20.7. The average molecular weight is 274 g/mol. The quantitative estimate of drug-likeness (QED) is 0.263. The molecule has 0 bridgehead atoms. The van der Waals surface area contributed by atoms with Crippen LogP contribution in [0, 0.1) is 0 Å². The van der Waals surface area contributed by atoms with Gasteiger partial charge in [0.05, 0.1) is 6.54 Å². The Balaban J connectivity index is 2.13. The van der Waals surface area contributed by atoms with Crippen molar-refractivity contribution in [3.63, 3.8) is 0 Å². The van der Waals surface area contributed by atoms with Gasteiger partial charge in [-0.05, 0) is 5.56 Å². The summed E-state index contributed by atoms with van der Waals surface area (Å²) in [6, 6.07) is 8.83. The molecule has 0 saturated heterocycles. The molecule has 8 heteroatoms. The van der Waals surface area contributed by atoms with Crippen molar-refractivity contribution < 1.29 is 10.0 Å². The number of rotatable bonds is 5. The summed E-state index contributed by atoms with van der Waals surface area (Å²) in [4.78, 5) is 16.1. The average Bonchev–Trinajstić information content (AvgIpc) is 2.99. The van der Waals surface area contributed by atoms with Crippen molar-refractivity contribution in [2.24, 2.45) is 10.9 Å². The number of aromatic nitrogens is 3. The number of amides is 1. The number of nitrogens with zero attached hydrogens (tertiary/aromatic N) is 3. The predicted molar refractivity (Wildman–Crippen MR) is 70.8 cm³/mol. The van der Waals surface area contributed by atoms with E-state index in [2.05, 4.69) is 25.7 Å². The van der Waals surface area contributed by atoms with Gasteiger partial charge in [-0.1, -0.05) is 35.5 Å². The van der Waals surface area contributed by atoms with Gasteiger partial charge in [-0.2, -0.15) is 5.10 Å². The Morgan fingerprint density at radius 2 is 2.20 bits per heavy atom. The lowest BCUT2D eigenvalue weighted by atomic mass is 9.97. The highest BCUT2D eigenvalue weighted by Gasteiger charge is 2.25. The van der Waals surface area contributed by atoms with E-state index in [1.54, 1.807) is 24.3 Å². The zero-order valence-corrected chi connectivity index (χ0v) is 10.5. The lowest BCUT2D eigenvalue weighted by molar-refractivity contribution is -0.121. The molecule has 0 aliphatic rings. The van der Waals surface area contributed by atoms with Crippen LogP contribution in [0.5, 0.6) is 0 Å². The third-order valence-electron chi connectivity index (χ3n) is 2.70. The first-order valence-corrected chi connectivity index (χ1v) is 5.86. The number of nitrogens with one attached hydrogen (secondary N) is 2. The molecular formula is C12H14N6O2. The number of aromatic amines is 1. The second kappa shape index (κ2) is 6.32. The number of amidine groups is 1. The van der Waals surface area contributed by atoms with Crippen LogP contribution >= 0.6 is 0 Å². The summed E-state index contributed by atoms with van der Waals surface area (Å²) in [5.74, 6) is -0.900. The highest BCUT2D eigenvalue weighted by molar-refractivity contribution is 6.07. The summed E-state index contributed by atoms with van der Waals surface area (Å²) in [5.41, 5.74) is 6.24. The van der Waals surface area contributed by atoms with Crippen LogP contribution in [0.3, 0.4) is 0 Å². The third kappa shape index (κ3) is 3.10. The van der Waals surface area contributed by atoms with Gasteiger partial charge in [-0.15, -0.1) is 0 Å². The van der Waals surface area contributed by atoms with Gasteiger partial charge in [0.1, 0.15) is 18.1 Å². The van der Waals surface area contributed by atoms with Gasteiger partial charge in [-0.25, -0.2) is 4.98 Å². The van der Waals surface area contributed by atoms with E-state index in [1.165, 1.54) is 6.33 Å². The van der Waals surface area contributed by atoms with E-state index in [0.29, 0.717) is 11.4 Å². The number of nitrogens with two attached hydrogens (primary N) is 1. The molecule has 0 aliphatic heterocycles. The predicted octanol–water partition coefficient (Wildman–Crippen LogP) is -0.0489. The molecular weight excluding hydrogens is 260 g/mol. The van der Waals surface area contributed by atoms with E-state index in [0.717, 1.165) is 0 Å². The van der Waals surface area contributed by atoms with Crippen molar-refractivity contribution >= 4 is 11.7 Å². The van der Waals surface area contributed by atoms with Crippen LogP contribution in [0.25, 0.3) is 0 Å². The maximum absolute atomic E-state index is 12.2. The Morgan fingerprint density at radius 3 is 2.80 bits per heavy atom. The molecule has 5 N–H and O–H groups in total. The first-order chi connectivity index (χ1) is 9.72. The largest absolute Gasteiger partial charge is 0.409 e. The van der Waals surface area contributed by atoms with Crippen LogP contribution in [0.1, 0.15) is 17.3 Å². The molecule has 1 heterocycles. The molecule has 1 aromatic heterocycles. The first-order valence-electron chi connectivity index (χ1n) is 5.86. The standard InChI is InChI=1S/C12H14N6O2/c13-11(18-20)10(8-4-2-1-3-5-8)12(19)14-6-9-15-7-16-17-9/h1-5,7,10,20H,6H2,(H2,13,18)(H,14,19)(H,15,16,17). The zero-order valence-electron chi connectivity index (χ0n) is 10.5. The first kappa shape index (κ1) is 13.5. The van der Waals surface area contributed by atoms with Crippen molar-refractivity contribution in [2.75, 3.05) is 0 Å². The summed E-state index contributed by atoms with van der Waals surface area (Å²) < 4.78 is 0. The number of oxime groups is 1. The fourth-order valence-corrected chi connectivity index (χ4v) is 1.75. The minimum absolute atomic E-state index is 0.175. The molecule has 2 aromatic rings. The Morgan fingerprint density at radius 1 is 1.45 bits per heavy atom. The number of H-pyrrole nitrogens is 1. The number of hydrogen-bond acceptors (Lipinski definition) is 5. The second-order valence-corrected chi connectivity index (χ2v) is 4.02. The van der Waals surface area contributed by atoms with E-state index < -0.39 is 5.92 Å². The summed E-state index contributed by atoms with van der Waals surface area (Å²) in [7, 11) is 0. The highest BCUT2D eigenvalue weighted by atomic mass is 16.4. The van der Waals surface area contributed by atoms with Gasteiger partial charge in [0, 0.05) is 0 Å². The summed E-state index contributed by atoms with van der Waals surface area (Å²) in [6.07, 6.45) is 1.35. The number of carbonyl (C=O) groups excluding carboxylic acids is 1. The Hall–Kier alpha value is -2.90. The molecule has 1 atom stereocenters. The molecule has 1 unspecified atom stereocenters. The fraction of sp³-hybridized carbons (Fsp3) is 0.167. The molecule has 20 heavy (non-hydrogen) atoms. The summed E-state index contributed by atoms with van der Waals surface area (Å²) >= 11 is 0. The van der Waals surface area contributed by atoms with E-state index >= 15 is 0 Å². The van der Waals surface area contributed by atoms with Crippen molar-refractivity contribution in [2.45, 2.75) is 12.5 Å². The van der Waals surface area contributed by atoms with Crippen molar-refractivity contribution in [3.8, 4) is 0 Å². The second-order valence-electron chi connectivity index (χ2n) is 4.02. The summed E-state index contributed by atoms with van der Waals surface area (Å²) in [6.45, 7) is 0.181. The zero-order chi connectivity index (χ0) is 14.4. The van der Waals surface area contributed by atoms with Crippen molar-refractivity contribution in [3.05, 3.63) is 48.0 Å². The number of benzene rings is 1. The molecule has 0 radical (unpaired) electrons. The molecule has 0 aliphatic carbocycles. The maximum atomic E-state index is 12.2. The SMILES string of the molecule is NC(=NO)C(C(=O)NCc1ncn[nH]1)c1ccccc1. The monoisotopic (exact) mass is 274 g/mol. The topological polar surface area (TPSA) is 129 Å². The van der Waals surface area contributed by atoms with E-state index in [4.69, 9.17) is 10.9 Å². The van der Waals surface area contributed by atoms with Crippen molar-refractivity contribution in [1.29, 1.82) is 0 Å². The lowest BCUT2D eigenvalue weighted by Crippen LogP contribution is -2.37. The van der Waals surface area contributed by atoms with Gasteiger partial charge in [0.2, 0.25) is 5.91 Å². The van der Waals surface area contributed by atoms with Crippen LogP contribution in [-0.4, -0.2) is 32.1 Å². The molecule has 0 saturated carbocycles. The number of carbonyl (C=O) groups is 1. The Labute approximate surface area is 114 Å².